The maximum atomic E-state index is 12.4. The molecule has 0 aromatic heterocycles. The number of anilines is 1. The lowest BCUT2D eigenvalue weighted by Gasteiger charge is -2.10. The summed E-state index contributed by atoms with van der Waals surface area (Å²) < 4.78 is 4.89. The third-order valence-electron chi connectivity index (χ3n) is 3.70. The molecule has 0 saturated heterocycles. The summed E-state index contributed by atoms with van der Waals surface area (Å²) in [5.41, 5.74) is 0.196. The van der Waals surface area contributed by atoms with Crippen LogP contribution in [0.1, 0.15) is 11.1 Å². The molecule has 2 N–H and O–H groups in total. The normalized spacial score (nSPS) is 10.8. The maximum Gasteiger partial charge on any atom is 0.274 e. The SMILES string of the molecule is COc1cc([N+](=O)[O-])cc(/C=C(\C#N)C(=O)Nc2cccc(Cl)c2C)c1O. The Labute approximate surface area is 159 Å². The lowest BCUT2D eigenvalue weighted by atomic mass is 10.1. The highest BCUT2D eigenvalue weighted by Gasteiger charge is 2.18. The van der Waals surface area contributed by atoms with Crippen LogP contribution in [0.15, 0.2) is 35.9 Å². The highest BCUT2D eigenvalue weighted by atomic mass is 35.5. The van der Waals surface area contributed by atoms with Gasteiger partial charge in [0, 0.05) is 22.3 Å². The minimum Gasteiger partial charge on any atom is -0.504 e. The van der Waals surface area contributed by atoms with E-state index in [1.165, 1.54) is 7.11 Å². The molecule has 1 amide bonds. The maximum absolute atomic E-state index is 12.4. The second kappa shape index (κ2) is 8.21. The van der Waals surface area contributed by atoms with Gasteiger partial charge in [-0.15, -0.1) is 0 Å². The summed E-state index contributed by atoms with van der Waals surface area (Å²) in [6.07, 6.45) is 1.04. The molecule has 9 heteroatoms. The van der Waals surface area contributed by atoms with Crippen LogP contribution in [0.4, 0.5) is 11.4 Å². The number of halogens is 1. The number of nitro groups is 1. The first-order chi connectivity index (χ1) is 12.8. The van der Waals surface area contributed by atoms with Crippen molar-refractivity contribution in [1.82, 2.24) is 0 Å². The number of carbonyl (C=O) groups is 1. The molecule has 0 radical (unpaired) electrons. The Bertz CT molecular complexity index is 995. The van der Waals surface area contributed by atoms with Gasteiger partial charge in [-0.3, -0.25) is 14.9 Å². The smallest absolute Gasteiger partial charge is 0.274 e. The fraction of sp³-hybridized carbons (Fsp3) is 0.111. The number of methoxy groups -OCH3 is 1. The van der Waals surface area contributed by atoms with Gasteiger partial charge in [0.1, 0.15) is 11.6 Å². The summed E-state index contributed by atoms with van der Waals surface area (Å²) >= 11 is 6.00. The van der Waals surface area contributed by atoms with Crippen molar-refractivity contribution < 1.29 is 19.6 Å². The van der Waals surface area contributed by atoms with E-state index >= 15 is 0 Å². The van der Waals surface area contributed by atoms with E-state index in [0.29, 0.717) is 16.3 Å². The number of ether oxygens (including phenoxy) is 1. The zero-order valence-corrected chi connectivity index (χ0v) is 15.1. The van der Waals surface area contributed by atoms with Gasteiger partial charge in [0.15, 0.2) is 11.5 Å². The Kier molecular flexibility index (Phi) is 6.00. The Hall–Kier alpha value is -3.57. The second-order valence-electron chi connectivity index (χ2n) is 5.38. The van der Waals surface area contributed by atoms with Gasteiger partial charge in [-0.05, 0) is 30.7 Å². The fourth-order valence-electron chi connectivity index (χ4n) is 2.22. The molecular weight excluding hydrogens is 374 g/mol. The molecule has 0 fully saturated rings. The van der Waals surface area contributed by atoms with E-state index < -0.39 is 16.6 Å². The molecule has 138 valence electrons. The fourth-order valence-corrected chi connectivity index (χ4v) is 2.40. The molecule has 0 aliphatic carbocycles. The van der Waals surface area contributed by atoms with Crippen molar-refractivity contribution in [3.63, 3.8) is 0 Å². The number of hydrogen-bond acceptors (Lipinski definition) is 6. The molecule has 0 heterocycles. The van der Waals surface area contributed by atoms with Gasteiger partial charge in [-0.2, -0.15) is 5.26 Å². The number of non-ortho nitro benzene ring substituents is 1. The molecule has 8 nitrogen and oxygen atoms in total. The summed E-state index contributed by atoms with van der Waals surface area (Å²) in [6.45, 7) is 1.70. The number of aromatic hydroxyl groups is 1. The van der Waals surface area contributed by atoms with E-state index in [9.17, 15) is 25.3 Å². The predicted octanol–water partition coefficient (Wildman–Crippen LogP) is 3.82. The number of carbonyl (C=O) groups excluding carboxylic acids is 1. The van der Waals surface area contributed by atoms with E-state index in [4.69, 9.17) is 16.3 Å². The molecule has 0 aliphatic heterocycles. The Morgan fingerprint density at radius 3 is 2.74 bits per heavy atom. The largest absolute Gasteiger partial charge is 0.504 e. The predicted molar refractivity (Wildman–Crippen MR) is 99.7 cm³/mol. The number of phenols is 1. The van der Waals surface area contributed by atoms with E-state index in [-0.39, 0.29) is 22.6 Å². The van der Waals surface area contributed by atoms with Gasteiger partial charge in [0.05, 0.1) is 18.1 Å². The quantitative estimate of drug-likeness (QED) is 0.347. The van der Waals surface area contributed by atoms with E-state index in [1.807, 2.05) is 0 Å². The van der Waals surface area contributed by atoms with Crippen molar-refractivity contribution in [1.29, 1.82) is 5.26 Å². The lowest BCUT2D eigenvalue weighted by Crippen LogP contribution is -2.14. The summed E-state index contributed by atoms with van der Waals surface area (Å²) in [4.78, 5) is 22.7. The highest BCUT2D eigenvalue weighted by Crippen LogP contribution is 2.35. The van der Waals surface area contributed by atoms with Crippen molar-refractivity contribution in [3.05, 3.63) is 62.2 Å². The van der Waals surface area contributed by atoms with Crippen molar-refractivity contribution >= 4 is 35.0 Å². The zero-order chi connectivity index (χ0) is 20.1. The van der Waals surface area contributed by atoms with Gasteiger partial charge in [0.25, 0.3) is 11.6 Å². The van der Waals surface area contributed by atoms with Crippen molar-refractivity contribution in [2.45, 2.75) is 6.92 Å². The Morgan fingerprint density at radius 1 is 1.44 bits per heavy atom. The molecule has 0 unspecified atom stereocenters. The summed E-state index contributed by atoms with van der Waals surface area (Å²) in [5.74, 6) is -1.34. The van der Waals surface area contributed by atoms with Crippen LogP contribution in [0.5, 0.6) is 11.5 Å². The van der Waals surface area contributed by atoms with Gasteiger partial charge in [-0.1, -0.05) is 17.7 Å². The average Bonchev–Trinajstić information content (AvgIpc) is 2.64. The molecule has 2 aromatic rings. The van der Waals surface area contributed by atoms with Crippen molar-refractivity contribution in [2.24, 2.45) is 0 Å². The highest BCUT2D eigenvalue weighted by molar-refractivity contribution is 6.31. The van der Waals surface area contributed by atoms with Crippen LogP contribution in [-0.4, -0.2) is 23.0 Å². The third kappa shape index (κ3) is 4.34. The Balaban J connectivity index is 2.45. The number of nitrogens with zero attached hydrogens (tertiary/aromatic N) is 2. The van der Waals surface area contributed by atoms with Crippen LogP contribution in [0.3, 0.4) is 0 Å². The van der Waals surface area contributed by atoms with Crippen LogP contribution >= 0.6 is 11.6 Å². The topological polar surface area (TPSA) is 125 Å². The van der Waals surface area contributed by atoms with Gasteiger partial charge >= 0.3 is 0 Å². The first-order valence-electron chi connectivity index (χ1n) is 7.52. The molecule has 0 spiro atoms. The lowest BCUT2D eigenvalue weighted by molar-refractivity contribution is -0.385. The average molecular weight is 388 g/mol. The minimum atomic E-state index is -0.757. The molecule has 0 bridgehead atoms. The molecule has 2 aromatic carbocycles. The van der Waals surface area contributed by atoms with Gasteiger partial charge in [0.2, 0.25) is 0 Å². The van der Waals surface area contributed by atoms with E-state index in [0.717, 1.165) is 18.2 Å². The van der Waals surface area contributed by atoms with E-state index in [2.05, 4.69) is 5.32 Å². The number of phenolic OH excluding ortho intramolecular Hbond substituents is 1. The zero-order valence-electron chi connectivity index (χ0n) is 14.3. The number of nitro benzene ring substituents is 1. The molecule has 2 rings (SSSR count). The number of benzene rings is 2. The van der Waals surface area contributed by atoms with Crippen LogP contribution < -0.4 is 10.1 Å². The van der Waals surface area contributed by atoms with E-state index in [1.54, 1.807) is 31.2 Å². The minimum absolute atomic E-state index is 0.101. The summed E-state index contributed by atoms with van der Waals surface area (Å²) in [5, 5.41) is 33.5. The van der Waals surface area contributed by atoms with Crippen LogP contribution in [0.2, 0.25) is 5.02 Å². The van der Waals surface area contributed by atoms with Crippen LogP contribution in [-0.2, 0) is 4.79 Å². The van der Waals surface area contributed by atoms with Crippen LogP contribution in [0, 0.1) is 28.4 Å². The molecule has 0 saturated carbocycles. The monoisotopic (exact) mass is 387 g/mol. The first kappa shape index (κ1) is 19.8. The second-order valence-corrected chi connectivity index (χ2v) is 5.79. The molecule has 27 heavy (non-hydrogen) atoms. The van der Waals surface area contributed by atoms with Gasteiger partial charge < -0.3 is 15.2 Å². The number of nitrogens with one attached hydrogen (secondary N) is 1. The van der Waals surface area contributed by atoms with Crippen molar-refractivity contribution in [2.75, 3.05) is 12.4 Å². The number of rotatable bonds is 5. The van der Waals surface area contributed by atoms with Crippen molar-refractivity contribution in [3.8, 4) is 17.6 Å². The Morgan fingerprint density at radius 2 is 2.15 bits per heavy atom. The molecule has 0 atom stereocenters. The standard InChI is InChI=1S/C18H14ClN3O5/c1-10-14(19)4-3-5-15(10)21-18(24)12(9-20)6-11-7-13(22(25)26)8-16(27-2)17(11)23/h3-8,23H,1-2H3,(H,21,24)/b12-6+. The summed E-state index contributed by atoms with van der Waals surface area (Å²) in [6, 6.07) is 8.69. The molecule has 0 aliphatic rings. The number of hydrogen-bond donors (Lipinski definition) is 2. The van der Waals surface area contributed by atoms with Crippen LogP contribution in [0.25, 0.3) is 6.08 Å². The number of amides is 1. The molecular formula is C18H14ClN3O5. The third-order valence-corrected chi connectivity index (χ3v) is 4.11. The van der Waals surface area contributed by atoms with Gasteiger partial charge in [-0.25, -0.2) is 0 Å². The first-order valence-corrected chi connectivity index (χ1v) is 7.90. The summed E-state index contributed by atoms with van der Waals surface area (Å²) in [7, 11) is 1.23. The number of nitriles is 1.